The second-order valence-corrected chi connectivity index (χ2v) is 4.09. The fraction of sp³-hybridized carbons (Fsp3) is 0.385. The largest absolute Gasteiger partial charge is 0.549 e. The first kappa shape index (κ1) is 17.8. The SMILES string of the molecule is COCOc1ccc(C(=O)OCC(C(=O)[O-])C(F)(F)F)cc1. The third-order valence-electron chi connectivity index (χ3n) is 2.49. The molecule has 1 aromatic rings. The van der Waals surface area contributed by atoms with E-state index < -0.39 is 30.6 Å². The Kier molecular flexibility index (Phi) is 6.17. The summed E-state index contributed by atoms with van der Waals surface area (Å²) in [6, 6.07) is 5.29. The zero-order valence-electron chi connectivity index (χ0n) is 11.4. The molecule has 0 fully saturated rings. The van der Waals surface area contributed by atoms with Gasteiger partial charge in [-0.15, -0.1) is 0 Å². The number of carbonyl (C=O) groups excluding carboxylic acids is 2. The summed E-state index contributed by atoms with van der Waals surface area (Å²) in [6.45, 7) is -1.37. The minimum Gasteiger partial charge on any atom is -0.549 e. The summed E-state index contributed by atoms with van der Waals surface area (Å²) in [5.74, 6) is -5.94. The van der Waals surface area contributed by atoms with E-state index in [9.17, 15) is 27.9 Å². The van der Waals surface area contributed by atoms with Crippen LogP contribution in [0.15, 0.2) is 24.3 Å². The molecule has 0 aliphatic rings. The van der Waals surface area contributed by atoms with Crippen molar-refractivity contribution < 1.29 is 42.1 Å². The van der Waals surface area contributed by atoms with Gasteiger partial charge in [-0.1, -0.05) is 0 Å². The monoisotopic (exact) mass is 321 g/mol. The molecule has 9 heteroatoms. The Morgan fingerprint density at radius 3 is 2.27 bits per heavy atom. The van der Waals surface area contributed by atoms with E-state index in [2.05, 4.69) is 9.47 Å². The van der Waals surface area contributed by atoms with Gasteiger partial charge in [-0.2, -0.15) is 13.2 Å². The van der Waals surface area contributed by atoms with Gasteiger partial charge in [0.1, 0.15) is 18.3 Å². The lowest BCUT2D eigenvalue weighted by atomic mass is 10.1. The molecular weight excluding hydrogens is 309 g/mol. The molecule has 0 heterocycles. The van der Waals surface area contributed by atoms with Crippen molar-refractivity contribution in [2.45, 2.75) is 6.18 Å². The van der Waals surface area contributed by atoms with Crippen molar-refractivity contribution in [3.63, 3.8) is 0 Å². The first-order chi connectivity index (χ1) is 10.3. The molecule has 0 spiro atoms. The number of carboxylic acids is 1. The van der Waals surface area contributed by atoms with E-state index in [1.807, 2.05) is 0 Å². The summed E-state index contributed by atoms with van der Waals surface area (Å²) in [4.78, 5) is 21.9. The Hall–Kier alpha value is -2.29. The van der Waals surface area contributed by atoms with Gasteiger partial charge in [-0.25, -0.2) is 4.79 Å². The lowest BCUT2D eigenvalue weighted by Gasteiger charge is -2.20. The highest BCUT2D eigenvalue weighted by Gasteiger charge is 2.41. The van der Waals surface area contributed by atoms with Crippen LogP contribution in [0.25, 0.3) is 0 Å². The number of alkyl halides is 3. The highest BCUT2D eigenvalue weighted by atomic mass is 19.4. The summed E-state index contributed by atoms with van der Waals surface area (Å²) in [6.07, 6.45) is -5.06. The van der Waals surface area contributed by atoms with Crippen molar-refractivity contribution in [3.8, 4) is 5.75 Å². The average Bonchev–Trinajstić information content (AvgIpc) is 2.43. The molecule has 0 saturated heterocycles. The zero-order valence-corrected chi connectivity index (χ0v) is 11.4. The molecule has 0 bridgehead atoms. The maximum Gasteiger partial charge on any atom is 0.400 e. The van der Waals surface area contributed by atoms with Crippen LogP contribution in [0.3, 0.4) is 0 Å². The third kappa shape index (κ3) is 5.24. The van der Waals surface area contributed by atoms with Gasteiger partial charge >= 0.3 is 12.1 Å². The first-order valence-electron chi connectivity index (χ1n) is 5.92. The zero-order chi connectivity index (χ0) is 16.8. The topological polar surface area (TPSA) is 84.9 Å². The summed E-state index contributed by atoms with van der Waals surface area (Å²) < 4.78 is 51.1. The molecule has 0 saturated carbocycles. The van der Waals surface area contributed by atoms with Crippen LogP contribution in [0, 0.1) is 5.92 Å². The van der Waals surface area contributed by atoms with Gasteiger partial charge in [0.25, 0.3) is 0 Å². The molecule has 1 unspecified atom stereocenters. The number of hydrogen-bond donors (Lipinski definition) is 0. The molecule has 1 atom stereocenters. The number of benzene rings is 1. The summed E-state index contributed by atoms with van der Waals surface area (Å²) in [5.41, 5.74) is -0.0518. The molecule has 0 aromatic heterocycles. The van der Waals surface area contributed by atoms with Gasteiger partial charge in [0.2, 0.25) is 0 Å². The van der Waals surface area contributed by atoms with E-state index in [4.69, 9.17) is 4.74 Å². The summed E-state index contributed by atoms with van der Waals surface area (Å²) in [5, 5.41) is 10.4. The van der Waals surface area contributed by atoms with E-state index in [0.29, 0.717) is 5.75 Å². The smallest absolute Gasteiger partial charge is 0.400 e. The fourth-order valence-electron chi connectivity index (χ4n) is 1.35. The number of hydrogen-bond acceptors (Lipinski definition) is 6. The molecule has 6 nitrogen and oxygen atoms in total. The summed E-state index contributed by atoms with van der Waals surface area (Å²) >= 11 is 0. The number of halogens is 3. The van der Waals surface area contributed by atoms with Gasteiger partial charge in [0.15, 0.2) is 6.79 Å². The lowest BCUT2D eigenvalue weighted by molar-refractivity contribution is -0.327. The fourth-order valence-corrected chi connectivity index (χ4v) is 1.35. The molecule has 0 N–H and O–H groups in total. The van der Waals surface area contributed by atoms with Crippen LogP contribution in [-0.2, 0) is 14.3 Å². The van der Waals surface area contributed by atoms with E-state index in [1.54, 1.807) is 0 Å². The number of esters is 1. The second kappa shape index (κ2) is 7.64. The van der Waals surface area contributed by atoms with Crippen molar-refractivity contribution in [1.82, 2.24) is 0 Å². The van der Waals surface area contributed by atoms with Crippen molar-refractivity contribution in [2.75, 3.05) is 20.5 Å². The average molecular weight is 321 g/mol. The number of ether oxygens (including phenoxy) is 3. The lowest BCUT2D eigenvalue weighted by Crippen LogP contribution is -2.43. The molecule has 0 radical (unpaired) electrons. The highest BCUT2D eigenvalue weighted by molar-refractivity contribution is 5.89. The van der Waals surface area contributed by atoms with Crippen molar-refractivity contribution >= 4 is 11.9 Å². The normalized spacial score (nSPS) is 12.5. The van der Waals surface area contributed by atoms with E-state index in [1.165, 1.54) is 31.4 Å². The van der Waals surface area contributed by atoms with Gasteiger partial charge in [0.05, 0.1) is 11.5 Å². The molecule has 1 aromatic carbocycles. The number of rotatable bonds is 7. The van der Waals surface area contributed by atoms with E-state index in [-0.39, 0.29) is 12.4 Å². The maximum absolute atomic E-state index is 12.4. The molecule has 0 aliphatic carbocycles. The second-order valence-electron chi connectivity index (χ2n) is 4.09. The first-order valence-corrected chi connectivity index (χ1v) is 5.92. The van der Waals surface area contributed by atoms with Crippen LogP contribution in [0.4, 0.5) is 13.2 Å². The third-order valence-corrected chi connectivity index (χ3v) is 2.49. The van der Waals surface area contributed by atoms with Crippen molar-refractivity contribution in [3.05, 3.63) is 29.8 Å². The Balaban J connectivity index is 2.63. The minimum atomic E-state index is -5.06. The van der Waals surface area contributed by atoms with E-state index in [0.717, 1.165) is 0 Å². The number of aliphatic carboxylic acids is 1. The van der Waals surface area contributed by atoms with Crippen molar-refractivity contribution in [2.24, 2.45) is 5.92 Å². The Labute approximate surface area is 123 Å². The predicted octanol–water partition coefficient (Wildman–Crippen LogP) is 0.754. The number of methoxy groups -OCH3 is 1. The molecule has 1 rings (SSSR count). The molecule has 22 heavy (non-hydrogen) atoms. The van der Waals surface area contributed by atoms with Crippen LogP contribution in [0.2, 0.25) is 0 Å². The molecule has 122 valence electrons. The van der Waals surface area contributed by atoms with Crippen LogP contribution in [0.1, 0.15) is 10.4 Å². The van der Waals surface area contributed by atoms with Gasteiger partial charge in [-0.3, -0.25) is 0 Å². The molecular formula is C13H12F3O6-. The van der Waals surface area contributed by atoms with Gasteiger partial charge < -0.3 is 24.1 Å². The number of carboxylic acid groups (broad SMARTS) is 1. The van der Waals surface area contributed by atoms with Crippen LogP contribution in [0.5, 0.6) is 5.75 Å². The standard InChI is InChI=1S/C13H13F3O6/c1-20-7-22-9-4-2-8(3-5-9)12(19)21-6-10(11(17)18)13(14,15)16/h2-5,10H,6-7H2,1H3,(H,17,18)/p-1. The Morgan fingerprint density at radius 1 is 1.23 bits per heavy atom. The van der Waals surface area contributed by atoms with Gasteiger partial charge in [-0.05, 0) is 24.3 Å². The Morgan fingerprint density at radius 2 is 1.82 bits per heavy atom. The van der Waals surface area contributed by atoms with E-state index >= 15 is 0 Å². The quantitative estimate of drug-likeness (QED) is 0.544. The highest BCUT2D eigenvalue weighted by Crippen LogP contribution is 2.26. The maximum atomic E-state index is 12.4. The van der Waals surface area contributed by atoms with Crippen molar-refractivity contribution in [1.29, 1.82) is 0 Å². The minimum absolute atomic E-state index is 0.0112. The van der Waals surface area contributed by atoms with Crippen LogP contribution < -0.4 is 9.84 Å². The number of carbonyl (C=O) groups is 2. The molecule has 0 aliphatic heterocycles. The molecule has 0 amide bonds. The van der Waals surface area contributed by atoms with Gasteiger partial charge in [0, 0.05) is 7.11 Å². The summed E-state index contributed by atoms with van der Waals surface area (Å²) in [7, 11) is 1.42. The van der Waals surface area contributed by atoms with Crippen LogP contribution >= 0.6 is 0 Å². The van der Waals surface area contributed by atoms with Crippen LogP contribution in [-0.4, -0.2) is 38.6 Å². The predicted molar refractivity (Wildman–Crippen MR) is 63.8 cm³/mol. The Bertz CT molecular complexity index is 512.